The van der Waals surface area contributed by atoms with Crippen molar-refractivity contribution >= 4 is 78.0 Å². The molecule has 2 unspecified atom stereocenters. The zero-order chi connectivity index (χ0) is 28.2. The van der Waals surface area contributed by atoms with E-state index in [4.69, 9.17) is 40.2 Å². The Morgan fingerprint density at radius 2 is 1.95 bits per heavy atom. The summed E-state index contributed by atoms with van der Waals surface area (Å²) in [5.74, 6) is 0.173. The van der Waals surface area contributed by atoms with Crippen LogP contribution in [0, 0.1) is 0 Å². The minimum absolute atomic E-state index is 0.00423. The van der Waals surface area contributed by atoms with Crippen molar-refractivity contribution in [2.24, 2.45) is 0 Å². The van der Waals surface area contributed by atoms with Gasteiger partial charge in [-0.2, -0.15) is 4.98 Å². The van der Waals surface area contributed by atoms with Gasteiger partial charge in [-0.1, -0.05) is 36.1 Å². The zero-order valence-electron chi connectivity index (χ0n) is 20.2. The second-order valence-electron chi connectivity index (χ2n) is 8.82. The van der Waals surface area contributed by atoms with Gasteiger partial charge in [-0.25, -0.2) is 24.1 Å². The minimum atomic E-state index is -4.05. The maximum atomic E-state index is 13.4. The molecule has 2 bridgehead atoms. The third-order valence-corrected chi connectivity index (χ3v) is 9.62. The number of ether oxygens (including phenoxy) is 1. The number of hydrogen-bond acceptors (Lipinski definition) is 13. The molecule has 6 heterocycles. The maximum absolute atomic E-state index is 13.4. The number of imidazole rings is 2. The van der Waals surface area contributed by atoms with Gasteiger partial charge in [0.1, 0.15) is 24.1 Å². The lowest BCUT2D eigenvalue weighted by Crippen LogP contribution is -2.22. The largest absolute Gasteiger partial charge is 0.386 e. The first-order valence-corrected chi connectivity index (χ1v) is 17.4. The molecule has 40 heavy (non-hydrogen) atoms. The van der Waals surface area contributed by atoms with E-state index >= 15 is 0 Å². The number of aromatic nitrogens is 7. The molecule has 0 radical (unpaired) electrons. The number of aromatic amines is 1. The molecule has 1 saturated heterocycles. The van der Waals surface area contributed by atoms with E-state index < -0.39 is 37.6 Å². The molecule has 4 aromatic heterocycles. The van der Waals surface area contributed by atoms with E-state index in [0.717, 1.165) is 0 Å². The van der Waals surface area contributed by atoms with Crippen molar-refractivity contribution in [1.29, 1.82) is 0 Å². The lowest BCUT2D eigenvalue weighted by molar-refractivity contribution is -0.0431. The Bertz CT molecular complexity index is 1770. The number of nitrogens with two attached hydrogens (primary N) is 1. The van der Waals surface area contributed by atoms with Crippen LogP contribution in [-0.4, -0.2) is 59.5 Å². The average molecular weight is 651 g/mol. The number of halogens is 1. The fourth-order valence-electron chi connectivity index (χ4n) is 4.47. The van der Waals surface area contributed by atoms with Gasteiger partial charge in [-0.3, -0.25) is 32.4 Å². The number of thiol groups is 2. The second-order valence-corrected chi connectivity index (χ2v) is 15.1. The average Bonchev–Trinajstić information content (AvgIpc) is 3.56. The Morgan fingerprint density at radius 1 is 1.12 bits per heavy atom. The Morgan fingerprint density at radius 3 is 2.77 bits per heavy atom. The normalized spacial score (nSPS) is 30.2. The van der Waals surface area contributed by atoms with Crippen molar-refractivity contribution < 1.29 is 32.0 Å². The summed E-state index contributed by atoms with van der Waals surface area (Å²) in [6.07, 6.45) is 0.171. The van der Waals surface area contributed by atoms with Crippen molar-refractivity contribution in [1.82, 2.24) is 34.1 Å². The fourth-order valence-corrected chi connectivity index (χ4v) is 7.22. The summed E-state index contributed by atoms with van der Waals surface area (Å²) in [6.45, 7) is -8.31. The van der Waals surface area contributed by atoms with E-state index in [0.29, 0.717) is 22.0 Å². The van der Waals surface area contributed by atoms with E-state index in [9.17, 15) is 13.9 Å². The number of nitrogens with one attached hydrogen (secondary N) is 1. The van der Waals surface area contributed by atoms with Crippen molar-refractivity contribution in [2.75, 3.05) is 18.9 Å². The highest BCUT2D eigenvalue weighted by Crippen LogP contribution is 2.58. The molecule has 0 amide bonds. The van der Waals surface area contributed by atoms with Crippen LogP contribution in [-0.2, 0) is 45.1 Å². The molecule has 16 nitrogen and oxygen atoms in total. The van der Waals surface area contributed by atoms with Gasteiger partial charge in [-0.05, 0) is 6.07 Å². The molecular formula is C19H21ClN8O8P2S2. The molecule has 4 aromatic rings. The quantitative estimate of drug-likeness (QED) is 0.173. The SMILES string of the molecule is Nc1nc2c(ncn2[C@@H]2O[C@@H]3COP(=O)(S)OCCn4c(nc5cc(Cl)cnc54)COP(=O)(S)O[C@@H]2C3)c(=O)[nH]1. The lowest BCUT2D eigenvalue weighted by Gasteiger charge is -2.23. The van der Waals surface area contributed by atoms with Crippen LogP contribution in [0.3, 0.4) is 0 Å². The van der Waals surface area contributed by atoms with E-state index in [1.54, 1.807) is 10.6 Å². The van der Waals surface area contributed by atoms with Crippen LogP contribution in [0.25, 0.3) is 22.3 Å². The van der Waals surface area contributed by atoms with E-state index in [-0.39, 0.29) is 49.9 Å². The zero-order valence-corrected chi connectivity index (χ0v) is 24.5. The van der Waals surface area contributed by atoms with Crippen LogP contribution in [0.2, 0.25) is 5.02 Å². The van der Waals surface area contributed by atoms with E-state index in [1.165, 1.54) is 17.1 Å². The molecule has 2 aliphatic heterocycles. The van der Waals surface area contributed by atoms with Crippen LogP contribution >= 0.6 is 49.7 Å². The fraction of sp³-hybridized carbons (Fsp3) is 0.421. The topological polar surface area (TPSA) is 201 Å². The second kappa shape index (κ2) is 10.7. The lowest BCUT2D eigenvalue weighted by atomic mass is 10.2. The number of nitrogens with zero attached hydrogens (tertiary/aromatic N) is 6. The smallest absolute Gasteiger partial charge is 0.369 e. The van der Waals surface area contributed by atoms with Gasteiger partial charge >= 0.3 is 13.6 Å². The monoisotopic (exact) mass is 650 g/mol. The highest BCUT2D eigenvalue weighted by molar-refractivity contribution is 8.44. The molecule has 5 atom stereocenters. The molecule has 0 aromatic carbocycles. The van der Waals surface area contributed by atoms with Crippen LogP contribution in [0.15, 0.2) is 23.4 Å². The molecule has 0 spiro atoms. The van der Waals surface area contributed by atoms with Crippen molar-refractivity contribution in [3.8, 4) is 0 Å². The van der Waals surface area contributed by atoms with Crippen LogP contribution in [0.1, 0.15) is 18.5 Å². The Kier molecular flexibility index (Phi) is 7.53. The number of anilines is 1. The number of nitrogen functional groups attached to an aromatic ring is 1. The van der Waals surface area contributed by atoms with Crippen molar-refractivity contribution in [3.63, 3.8) is 0 Å². The summed E-state index contributed by atoms with van der Waals surface area (Å²) in [5, 5.41) is 0.367. The highest BCUT2D eigenvalue weighted by atomic mass is 35.5. The third-order valence-electron chi connectivity index (χ3n) is 6.12. The van der Waals surface area contributed by atoms with Gasteiger partial charge in [0.15, 0.2) is 23.0 Å². The highest BCUT2D eigenvalue weighted by Gasteiger charge is 2.43. The van der Waals surface area contributed by atoms with Gasteiger partial charge in [-0.15, -0.1) is 0 Å². The van der Waals surface area contributed by atoms with Gasteiger partial charge in [0.2, 0.25) is 5.95 Å². The number of hydrogen-bond donors (Lipinski definition) is 4. The minimum Gasteiger partial charge on any atom is -0.369 e. The van der Waals surface area contributed by atoms with Gasteiger partial charge in [0.05, 0.1) is 30.7 Å². The summed E-state index contributed by atoms with van der Waals surface area (Å²) in [7, 11) is 0. The van der Waals surface area contributed by atoms with Gasteiger partial charge in [0.25, 0.3) is 5.56 Å². The van der Waals surface area contributed by atoms with Gasteiger partial charge in [0, 0.05) is 19.2 Å². The molecule has 0 aliphatic carbocycles. The molecular weight excluding hydrogens is 630 g/mol. The molecule has 214 valence electrons. The summed E-state index contributed by atoms with van der Waals surface area (Å²) in [4.78, 5) is 31.7. The summed E-state index contributed by atoms with van der Waals surface area (Å²) in [5.41, 5.74) is 6.18. The maximum Gasteiger partial charge on any atom is 0.386 e. The first-order chi connectivity index (χ1) is 19.0. The van der Waals surface area contributed by atoms with Crippen molar-refractivity contribution in [3.05, 3.63) is 39.8 Å². The third kappa shape index (κ3) is 5.70. The predicted molar refractivity (Wildman–Crippen MR) is 148 cm³/mol. The summed E-state index contributed by atoms with van der Waals surface area (Å²) < 4.78 is 57.8. The first kappa shape index (κ1) is 28.2. The Hall–Kier alpha value is -1.98. The van der Waals surface area contributed by atoms with E-state index in [2.05, 4.69) is 49.4 Å². The molecule has 1 fully saturated rings. The van der Waals surface area contributed by atoms with Gasteiger partial charge < -0.3 is 15.0 Å². The number of rotatable bonds is 1. The molecule has 3 N–H and O–H groups in total. The standard InChI is InChI=1S/C19H21ClN8O8P2S2/c20-9-3-11-15(22-5-9)27-1-2-32-37(30,39)33-6-10-4-12(36-38(31,40)34-7-13(27)24-11)18(35-10)28-8-23-14-16(28)25-19(21)26-17(14)29/h3,5,8,10,12,18H,1-2,4,6-7H2,(H,30,39)(H,31,40)(H3,21,25,26,29)/t10-,12+,18+,37?,38?/m0/s1. The molecule has 0 saturated carbocycles. The Labute approximate surface area is 240 Å². The summed E-state index contributed by atoms with van der Waals surface area (Å²) in [6, 6.07) is 1.61. The van der Waals surface area contributed by atoms with Crippen LogP contribution < -0.4 is 11.3 Å². The number of pyridine rings is 1. The predicted octanol–water partition coefficient (Wildman–Crippen LogP) is 3.11. The molecule has 21 heteroatoms. The Balaban J connectivity index is 1.35. The number of fused-ring (bicyclic) bond motifs is 6. The van der Waals surface area contributed by atoms with E-state index in [1.807, 2.05) is 0 Å². The number of H-pyrrole nitrogens is 1. The molecule has 6 rings (SSSR count). The summed E-state index contributed by atoms with van der Waals surface area (Å²) >= 11 is 14.3. The van der Waals surface area contributed by atoms with Crippen molar-refractivity contribution in [2.45, 2.75) is 38.0 Å². The molecule has 2 aliphatic rings. The first-order valence-electron chi connectivity index (χ1n) is 11.6. The van der Waals surface area contributed by atoms with Crippen LogP contribution in [0.5, 0.6) is 0 Å². The van der Waals surface area contributed by atoms with Crippen LogP contribution in [0.4, 0.5) is 5.95 Å².